The van der Waals surface area contributed by atoms with Crippen molar-refractivity contribution in [1.29, 1.82) is 0 Å². The summed E-state index contributed by atoms with van der Waals surface area (Å²) in [6.45, 7) is 4.08. The summed E-state index contributed by atoms with van der Waals surface area (Å²) >= 11 is 5.06. The molecule has 0 spiro atoms. The molecule has 0 aromatic heterocycles. The highest BCUT2D eigenvalue weighted by Crippen LogP contribution is 2.07. The van der Waals surface area contributed by atoms with Crippen LogP contribution in [-0.4, -0.2) is 31.4 Å². The van der Waals surface area contributed by atoms with Gasteiger partial charge in [-0.2, -0.15) is 0 Å². The summed E-state index contributed by atoms with van der Waals surface area (Å²) in [5, 5.41) is 7.77. The zero-order valence-corrected chi connectivity index (χ0v) is 10.5. The van der Waals surface area contributed by atoms with Crippen molar-refractivity contribution in [1.82, 2.24) is 10.6 Å². The van der Waals surface area contributed by atoms with E-state index in [-0.39, 0.29) is 11.8 Å². The van der Waals surface area contributed by atoms with Crippen LogP contribution in [0.25, 0.3) is 0 Å². The van der Waals surface area contributed by atoms with Gasteiger partial charge in [0.2, 0.25) is 0 Å². The number of hydrogen-bond acceptors (Lipinski definition) is 3. The van der Waals surface area contributed by atoms with E-state index in [4.69, 9.17) is 12.2 Å². The third-order valence-corrected chi connectivity index (χ3v) is 3.87. The summed E-state index contributed by atoms with van der Waals surface area (Å²) in [5.41, 5.74) is 0. The lowest BCUT2D eigenvalue weighted by atomic mass is 10.3. The van der Waals surface area contributed by atoms with Gasteiger partial charge in [-0.3, -0.25) is 0 Å². The van der Waals surface area contributed by atoms with E-state index in [1.807, 2.05) is 6.92 Å². The Morgan fingerprint density at radius 3 is 2.80 bits per heavy atom. The Morgan fingerprint density at radius 2 is 2.33 bits per heavy atom. The molecule has 0 fully saturated rings. The lowest BCUT2D eigenvalue weighted by molar-refractivity contribution is 0.600. The maximum absolute atomic E-state index is 11.1. The minimum absolute atomic E-state index is 0.0926. The molecule has 4 nitrogen and oxygen atoms in total. The van der Waals surface area contributed by atoms with E-state index >= 15 is 0 Å². The molecule has 0 saturated heterocycles. The molecule has 2 N–H and O–H groups in total. The molecule has 0 saturated carbocycles. The molecule has 1 rings (SSSR count). The number of sulfone groups is 1. The fourth-order valence-corrected chi connectivity index (χ4v) is 2.79. The largest absolute Gasteiger partial charge is 0.360 e. The second kappa shape index (κ2) is 4.94. The molecule has 0 aromatic rings. The van der Waals surface area contributed by atoms with Gasteiger partial charge < -0.3 is 10.6 Å². The molecule has 0 aromatic carbocycles. The third kappa shape index (κ3) is 4.17. The highest BCUT2D eigenvalue weighted by Gasteiger charge is 2.22. The quantitative estimate of drug-likeness (QED) is 0.715. The van der Waals surface area contributed by atoms with Crippen LogP contribution in [0.3, 0.4) is 0 Å². The van der Waals surface area contributed by atoms with Crippen molar-refractivity contribution in [3.8, 4) is 0 Å². The molecular weight excluding hydrogens is 232 g/mol. The van der Waals surface area contributed by atoms with Gasteiger partial charge in [-0.1, -0.05) is 6.92 Å². The van der Waals surface area contributed by atoms with Crippen molar-refractivity contribution in [2.24, 2.45) is 0 Å². The number of rotatable bonds is 3. The Kier molecular flexibility index (Phi) is 4.10. The molecule has 1 aliphatic heterocycles. The van der Waals surface area contributed by atoms with Crippen LogP contribution in [0.15, 0.2) is 11.5 Å². The van der Waals surface area contributed by atoms with Gasteiger partial charge in [-0.15, -0.1) is 0 Å². The van der Waals surface area contributed by atoms with Gasteiger partial charge in [0, 0.05) is 11.4 Å². The van der Waals surface area contributed by atoms with E-state index in [1.54, 1.807) is 6.08 Å². The maximum Gasteiger partial charge on any atom is 0.173 e. The Balaban J connectivity index is 2.38. The van der Waals surface area contributed by atoms with Crippen molar-refractivity contribution in [3.05, 3.63) is 11.5 Å². The first-order valence-electron chi connectivity index (χ1n) is 4.91. The van der Waals surface area contributed by atoms with Gasteiger partial charge in [-0.25, -0.2) is 8.42 Å². The molecule has 0 aliphatic carbocycles. The summed E-state index contributed by atoms with van der Waals surface area (Å²) in [4.78, 5) is 0. The molecule has 2 atom stereocenters. The van der Waals surface area contributed by atoms with Crippen molar-refractivity contribution in [2.45, 2.75) is 32.4 Å². The standard InChI is InChI=1S/C9H16N2O2S2/c1-3-7(2)10-9(14)11-8-4-5-15(12,13)6-8/h4-5,7-8H,3,6H2,1-2H3,(H2,10,11,14). The van der Waals surface area contributed by atoms with Crippen LogP contribution in [0.5, 0.6) is 0 Å². The molecule has 0 radical (unpaired) electrons. The predicted molar refractivity (Wildman–Crippen MR) is 65.3 cm³/mol. The van der Waals surface area contributed by atoms with Gasteiger partial charge in [0.05, 0.1) is 11.8 Å². The van der Waals surface area contributed by atoms with Crippen molar-refractivity contribution < 1.29 is 8.42 Å². The van der Waals surface area contributed by atoms with E-state index < -0.39 is 9.84 Å². The molecular formula is C9H16N2O2S2. The second-order valence-corrected chi connectivity index (χ2v) is 6.03. The van der Waals surface area contributed by atoms with E-state index in [0.29, 0.717) is 11.2 Å². The smallest absolute Gasteiger partial charge is 0.173 e. The van der Waals surface area contributed by atoms with Gasteiger partial charge in [0.15, 0.2) is 14.9 Å². The van der Waals surface area contributed by atoms with Crippen LogP contribution >= 0.6 is 12.2 Å². The van der Waals surface area contributed by atoms with Crippen molar-refractivity contribution in [2.75, 3.05) is 5.75 Å². The summed E-state index contributed by atoms with van der Waals surface area (Å²) in [7, 11) is -3.01. The number of hydrogen-bond donors (Lipinski definition) is 2. The monoisotopic (exact) mass is 248 g/mol. The Bertz CT molecular complexity index is 362. The normalized spacial score (nSPS) is 24.8. The van der Waals surface area contributed by atoms with Crippen LogP contribution in [0.1, 0.15) is 20.3 Å². The van der Waals surface area contributed by atoms with Gasteiger partial charge in [0.1, 0.15) is 0 Å². The lowest BCUT2D eigenvalue weighted by Gasteiger charge is -2.17. The Morgan fingerprint density at radius 1 is 1.67 bits per heavy atom. The highest BCUT2D eigenvalue weighted by molar-refractivity contribution is 7.94. The molecule has 15 heavy (non-hydrogen) atoms. The fourth-order valence-electron chi connectivity index (χ4n) is 1.20. The molecule has 2 unspecified atom stereocenters. The average Bonchev–Trinajstić information content (AvgIpc) is 2.44. The van der Waals surface area contributed by atoms with E-state index in [2.05, 4.69) is 17.6 Å². The molecule has 0 amide bonds. The summed E-state index contributed by atoms with van der Waals surface area (Å²) < 4.78 is 22.2. The van der Waals surface area contributed by atoms with Crippen LogP contribution < -0.4 is 10.6 Å². The minimum Gasteiger partial charge on any atom is -0.360 e. The van der Waals surface area contributed by atoms with Crippen LogP contribution in [0.4, 0.5) is 0 Å². The molecule has 1 heterocycles. The second-order valence-electron chi connectivity index (χ2n) is 3.69. The number of thiocarbonyl (C=S) groups is 1. The first kappa shape index (κ1) is 12.4. The highest BCUT2D eigenvalue weighted by atomic mass is 32.2. The van der Waals surface area contributed by atoms with Crippen LogP contribution in [0, 0.1) is 0 Å². The molecule has 1 aliphatic rings. The minimum atomic E-state index is -3.01. The Hall–Kier alpha value is -0.620. The average molecular weight is 248 g/mol. The van der Waals surface area contributed by atoms with Crippen LogP contribution in [0.2, 0.25) is 0 Å². The lowest BCUT2D eigenvalue weighted by Crippen LogP contribution is -2.45. The van der Waals surface area contributed by atoms with Crippen molar-refractivity contribution >= 4 is 27.2 Å². The number of nitrogens with one attached hydrogen (secondary N) is 2. The van der Waals surface area contributed by atoms with E-state index in [9.17, 15) is 8.42 Å². The van der Waals surface area contributed by atoms with E-state index in [1.165, 1.54) is 5.41 Å². The summed E-state index contributed by atoms with van der Waals surface area (Å²) in [6, 6.07) is 0.103. The van der Waals surface area contributed by atoms with Gasteiger partial charge >= 0.3 is 0 Å². The van der Waals surface area contributed by atoms with Gasteiger partial charge in [0.25, 0.3) is 0 Å². The fraction of sp³-hybridized carbons (Fsp3) is 0.667. The third-order valence-electron chi connectivity index (χ3n) is 2.24. The van der Waals surface area contributed by atoms with Crippen molar-refractivity contribution in [3.63, 3.8) is 0 Å². The summed E-state index contributed by atoms with van der Waals surface area (Å²) in [5.74, 6) is 0.0926. The molecule has 86 valence electrons. The Labute approximate surface area is 96.0 Å². The molecule has 0 bridgehead atoms. The SMILES string of the molecule is CCC(C)NC(=S)NC1C=CS(=O)(=O)C1. The summed E-state index contributed by atoms with van der Waals surface area (Å²) in [6.07, 6.45) is 2.60. The predicted octanol–water partition coefficient (Wildman–Crippen LogP) is 0.560. The van der Waals surface area contributed by atoms with E-state index in [0.717, 1.165) is 6.42 Å². The first-order valence-corrected chi connectivity index (χ1v) is 7.03. The topological polar surface area (TPSA) is 58.2 Å². The zero-order chi connectivity index (χ0) is 11.5. The first-order chi connectivity index (χ1) is 6.93. The molecule has 6 heteroatoms. The van der Waals surface area contributed by atoms with Gasteiger partial charge in [-0.05, 0) is 31.6 Å². The van der Waals surface area contributed by atoms with Crippen LogP contribution in [-0.2, 0) is 9.84 Å². The maximum atomic E-state index is 11.1. The zero-order valence-electron chi connectivity index (χ0n) is 8.86.